The first-order valence-corrected chi connectivity index (χ1v) is 9.82. The molecule has 0 aromatic heterocycles. The van der Waals surface area contributed by atoms with Gasteiger partial charge in [-0.05, 0) is 24.0 Å². The molecule has 1 saturated carbocycles. The van der Waals surface area contributed by atoms with Crippen LogP contribution in [0, 0.1) is 17.0 Å². The predicted octanol–water partition coefficient (Wildman–Crippen LogP) is 3.21. The number of nitro benzene ring substituents is 1. The van der Waals surface area contributed by atoms with Gasteiger partial charge in [-0.15, -0.1) is 0 Å². The third-order valence-electron chi connectivity index (χ3n) is 5.33. The van der Waals surface area contributed by atoms with Crippen LogP contribution in [0.4, 0.5) is 11.4 Å². The summed E-state index contributed by atoms with van der Waals surface area (Å²) in [5.74, 6) is 0.315. The average molecular weight is 382 g/mol. The zero-order chi connectivity index (χ0) is 20.3. The number of aryl methyl sites for hydroxylation is 1. The molecule has 1 aliphatic rings. The lowest BCUT2D eigenvalue weighted by Gasteiger charge is -2.19. The van der Waals surface area contributed by atoms with Crippen LogP contribution in [0.25, 0.3) is 0 Å². The van der Waals surface area contributed by atoms with Gasteiger partial charge < -0.3 is 10.2 Å². The molecule has 1 fully saturated rings. The number of carbonyl (C=O) groups excluding carboxylic acids is 1. The molecule has 1 amide bonds. The topological polar surface area (TPSA) is 76.7 Å². The number of anilines is 1. The number of nitrogens with one attached hydrogen (secondary N) is 2. The van der Waals surface area contributed by atoms with E-state index in [0.29, 0.717) is 29.8 Å². The maximum Gasteiger partial charge on any atom is 0.293 e. The molecule has 1 atom stereocenters. The molecule has 0 radical (unpaired) electrons. The van der Waals surface area contributed by atoms with Gasteiger partial charge >= 0.3 is 0 Å². The second-order valence-electron chi connectivity index (χ2n) is 7.96. The van der Waals surface area contributed by atoms with E-state index >= 15 is 0 Å². The summed E-state index contributed by atoms with van der Waals surface area (Å²) < 4.78 is 0. The van der Waals surface area contributed by atoms with Crippen molar-refractivity contribution < 1.29 is 14.6 Å². The Bertz CT molecular complexity index is 858. The Kier molecular flexibility index (Phi) is 6.09. The highest BCUT2D eigenvalue weighted by molar-refractivity contribution is 5.94. The number of hydrogen-bond donors (Lipinski definition) is 2. The first-order valence-electron chi connectivity index (χ1n) is 9.82. The minimum Gasteiger partial charge on any atom is -0.321 e. The van der Waals surface area contributed by atoms with Gasteiger partial charge in [0.25, 0.3) is 11.6 Å². The van der Waals surface area contributed by atoms with E-state index in [9.17, 15) is 14.9 Å². The van der Waals surface area contributed by atoms with Crippen molar-refractivity contribution >= 4 is 17.3 Å². The Hall–Kier alpha value is -2.73. The Morgan fingerprint density at radius 3 is 2.46 bits per heavy atom. The first kappa shape index (κ1) is 20.0. The van der Waals surface area contributed by atoms with E-state index in [0.717, 1.165) is 19.4 Å². The van der Waals surface area contributed by atoms with E-state index in [2.05, 4.69) is 43.4 Å². The summed E-state index contributed by atoms with van der Waals surface area (Å²) in [5, 5.41) is 14.0. The molecule has 148 valence electrons. The van der Waals surface area contributed by atoms with E-state index in [1.165, 1.54) is 22.1 Å². The summed E-state index contributed by atoms with van der Waals surface area (Å²) in [4.78, 5) is 24.7. The van der Waals surface area contributed by atoms with Gasteiger partial charge in [0.15, 0.2) is 6.54 Å². The van der Waals surface area contributed by atoms with Gasteiger partial charge in [0, 0.05) is 24.5 Å². The van der Waals surface area contributed by atoms with Crippen LogP contribution in [-0.4, -0.2) is 23.4 Å². The molecule has 6 heteroatoms. The van der Waals surface area contributed by atoms with Crippen LogP contribution in [0.2, 0.25) is 0 Å². The smallest absolute Gasteiger partial charge is 0.293 e. The van der Waals surface area contributed by atoms with Crippen molar-refractivity contribution in [3.8, 4) is 0 Å². The van der Waals surface area contributed by atoms with E-state index < -0.39 is 4.92 Å². The Morgan fingerprint density at radius 2 is 1.89 bits per heavy atom. The Morgan fingerprint density at radius 1 is 1.21 bits per heavy atom. The summed E-state index contributed by atoms with van der Waals surface area (Å²) in [6, 6.07) is 13.9. The van der Waals surface area contributed by atoms with Crippen molar-refractivity contribution in [1.82, 2.24) is 0 Å². The molecule has 0 spiro atoms. The zero-order valence-electron chi connectivity index (χ0n) is 16.7. The lowest BCUT2D eigenvalue weighted by molar-refractivity contribution is -0.916. The number of benzene rings is 2. The largest absolute Gasteiger partial charge is 0.321 e. The van der Waals surface area contributed by atoms with Gasteiger partial charge in [0.1, 0.15) is 12.2 Å². The van der Waals surface area contributed by atoms with Gasteiger partial charge in [0.2, 0.25) is 0 Å². The molecule has 0 bridgehead atoms. The predicted molar refractivity (Wildman–Crippen MR) is 110 cm³/mol. The van der Waals surface area contributed by atoms with Crippen molar-refractivity contribution in [3.63, 3.8) is 0 Å². The molecule has 1 aliphatic carbocycles. The van der Waals surface area contributed by atoms with Gasteiger partial charge in [0.05, 0.1) is 11.0 Å². The third kappa shape index (κ3) is 4.95. The molecular weight excluding hydrogens is 354 g/mol. The maximum absolute atomic E-state index is 12.7. The summed E-state index contributed by atoms with van der Waals surface area (Å²) in [5.41, 5.74) is 3.45. The van der Waals surface area contributed by atoms with Crippen LogP contribution in [-0.2, 0) is 11.3 Å². The number of rotatable bonds is 8. The van der Waals surface area contributed by atoms with Crippen molar-refractivity contribution in [2.45, 2.75) is 52.1 Å². The van der Waals surface area contributed by atoms with Crippen LogP contribution in [0.1, 0.15) is 49.3 Å². The van der Waals surface area contributed by atoms with Gasteiger partial charge in [-0.1, -0.05) is 50.2 Å². The quantitative estimate of drug-likeness (QED) is 0.544. The lowest BCUT2D eigenvalue weighted by Crippen LogP contribution is -3.13. The molecule has 2 N–H and O–H groups in total. The van der Waals surface area contributed by atoms with E-state index in [1.807, 2.05) is 0 Å². The molecule has 2 aromatic rings. The monoisotopic (exact) mass is 382 g/mol. The molecule has 28 heavy (non-hydrogen) atoms. The summed E-state index contributed by atoms with van der Waals surface area (Å²) in [7, 11) is 0. The number of nitrogens with zero attached hydrogens (tertiary/aromatic N) is 1. The number of para-hydroxylation sites is 1. The normalized spacial score (nSPS) is 14.7. The molecule has 2 aromatic carbocycles. The molecule has 0 aliphatic heterocycles. The third-order valence-corrected chi connectivity index (χ3v) is 5.33. The second kappa shape index (κ2) is 8.52. The highest BCUT2D eigenvalue weighted by Crippen LogP contribution is 2.27. The highest BCUT2D eigenvalue weighted by atomic mass is 16.6. The van der Waals surface area contributed by atoms with Crippen LogP contribution in [0.3, 0.4) is 0 Å². The van der Waals surface area contributed by atoms with Crippen molar-refractivity contribution in [2.24, 2.45) is 0 Å². The summed E-state index contributed by atoms with van der Waals surface area (Å²) in [6.07, 6.45) is 2.24. The van der Waals surface area contributed by atoms with Crippen LogP contribution < -0.4 is 10.2 Å². The maximum atomic E-state index is 12.7. The number of quaternary nitrogens is 1. The standard InChI is InChI=1S/C22H27N3O3/c1-15(2)18-9-7-17(8-10-18)13-24(19-11-12-19)14-21(26)23-22-16(3)5-4-6-20(22)25(27)28/h4-10,15,19H,11-14H2,1-3H3,(H,23,26)/p+1. The SMILES string of the molecule is Cc1cccc([N+](=O)[O-])c1NC(=O)C[NH+](Cc1ccc(C(C)C)cc1)C1CC1. The number of carbonyl (C=O) groups is 1. The lowest BCUT2D eigenvalue weighted by atomic mass is 10.0. The van der Waals surface area contributed by atoms with Crippen LogP contribution in [0.5, 0.6) is 0 Å². The first-order chi connectivity index (χ1) is 13.3. The zero-order valence-corrected chi connectivity index (χ0v) is 16.7. The average Bonchev–Trinajstić information content (AvgIpc) is 3.48. The fraction of sp³-hybridized carbons (Fsp3) is 0.409. The number of hydrogen-bond acceptors (Lipinski definition) is 3. The van der Waals surface area contributed by atoms with E-state index in [4.69, 9.17) is 0 Å². The minimum atomic E-state index is -0.454. The Balaban J connectivity index is 1.68. The van der Waals surface area contributed by atoms with Crippen molar-refractivity contribution in [1.29, 1.82) is 0 Å². The van der Waals surface area contributed by atoms with Gasteiger partial charge in [-0.2, -0.15) is 0 Å². The van der Waals surface area contributed by atoms with Gasteiger partial charge in [-0.3, -0.25) is 14.9 Å². The van der Waals surface area contributed by atoms with Crippen LogP contribution >= 0.6 is 0 Å². The number of nitro groups is 1. The summed E-state index contributed by atoms with van der Waals surface area (Å²) in [6.45, 7) is 7.20. The number of amides is 1. The Labute approximate surface area is 165 Å². The van der Waals surface area contributed by atoms with E-state index in [-0.39, 0.29) is 11.6 Å². The molecule has 1 unspecified atom stereocenters. The molecule has 6 nitrogen and oxygen atoms in total. The molecular formula is C22H28N3O3+. The fourth-order valence-corrected chi connectivity index (χ4v) is 3.48. The van der Waals surface area contributed by atoms with Crippen molar-refractivity contribution in [3.05, 3.63) is 69.3 Å². The second-order valence-corrected chi connectivity index (χ2v) is 7.96. The van der Waals surface area contributed by atoms with Crippen molar-refractivity contribution in [2.75, 3.05) is 11.9 Å². The molecule has 0 saturated heterocycles. The minimum absolute atomic E-state index is 0.0643. The van der Waals surface area contributed by atoms with Crippen LogP contribution in [0.15, 0.2) is 42.5 Å². The molecule has 3 rings (SSSR count). The fourth-order valence-electron chi connectivity index (χ4n) is 3.48. The van der Waals surface area contributed by atoms with E-state index in [1.54, 1.807) is 19.1 Å². The summed E-state index contributed by atoms with van der Waals surface area (Å²) >= 11 is 0. The molecule has 0 heterocycles. The van der Waals surface area contributed by atoms with Gasteiger partial charge in [-0.25, -0.2) is 0 Å². The highest BCUT2D eigenvalue weighted by Gasteiger charge is 2.35.